The molecule has 0 spiro atoms. The minimum Gasteiger partial charge on any atom is -0.497 e. The highest BCUT2D eigenvalue weighted by atomic mass is 32.1. The highest BCUT2D eigenvalue weighted by Gasteiger charge is 2.29. The van der Waals surface area contributed by atoms with Crippen LogP contribution in [-0.2, 0) is 11.2 Å². The number of hydrogen-bond donors (Lipinski definition) is 0. The van der Waals surface area contributed by atoms with E-state index in [0.717, 1.165) is 36.1 Å². The first-order valence-electron chi connectivity index (χ1n) is 10.2. The fraction of sp³-hybridized carbons (Fsp3) is 0.391. The van der Waals surface area contributed by atoms with Crippen LogP contribution >= 0.6 is 11.3 Å². The molecule has 0 saturated carbocycles. The third-order valence-corrected chi connectivity index (χ3v) is 6.41. The molecule has 0 bridgehead atoms. The Bertz CT molecular complexity index is 1040. The highest BCUT2D eigenvalue weighted by Crippen LogP contribution is 2.33. The number of amides is 1. The number of methoxy groups -OCH3 is 2. The van der Waals surface area contributed by atoms with E-state index in [9.17, 15) is 4.79 Å². The van der Waals surface area contributed by atoms with Gasteiger partial charge in [-0.1, -0.05) is 24.3 Å². The largest absolute Gasteiger partial charge is 0.497 e. The molecule has 2 aromatic carbocycles. The van der Waals surface area contributed by atoms with Crippen LogP contribution in [0.25, 0.3) is 10.2 Å². The van der Waals surface area contributed by atoms with Gasteiger partial charge in [0, 0.05) is 6.61 Å². The van der Waals surface area contributed by atoms with Gasteiger partial charge in [0.15, 0.2) is 5.13 Å². The smallest absolute Gasteiger partial charge is 0.264 e. The summed E-state index contributed by atoms with van der Waals surface area (Å²) in [5.74, 6) is 0.941. The first-order chi connectivity index (χ1) is 14.6. The molecule has 1 aliphatic heterocycles. The number of nitrogens with zero attached hydrogens (tertiary/aromatic N) is 2. The monoisotopic (exact) mass is 426 g/mol. The van der Waals surface area contributed by atoms with E-state index in [-0.39, 0.29) is 12.0 Å². The van der Waals surface area contributed by atoms with Crippen molar-refractivity contribution in [3.63, 3.8) is 0 Å². The molecule has 2 heterocycles. The molecule has 1 amide bonds. The lowest BCUT2D eigenvalue weighted by atomic mass is 10.1. The lowest BCUT2D eigenvalue weighted by molar-refractivity contribution is 0.0914. The Morgan fingerprint density at radius 2 is 2.10 bits per heavy atom. The Balaban J connectivity index is 1.75. The van der Waals surface area contributed by atoms with Gasteiger partial charge in [-0.2, -0.15) is 0 Å². The zero-order valence-corrected chi connectivity index (χ0v) is 18.3. The van der Waals surface area contributed by atoms with Crippen LogP contribution in [-0.4, -0.2) is 44.4 Å². The fourth-order valence-corrected chi connectivity index (χ4v) is 4.70. The number of benzene rings is 2. The van der Waals surface area contributed by atoms with E-state index in [1.54, 1.807) is 37.3 Å². The third kappa shape index (κ3) is 4.13. The first-order valence-corrected chi connectivity index (χ1v) is 11.0. The molecule has 1 fully saturated rings. The van der Waals surface area contributed by atoms with Gasteiger partial charge >= 0.3 is 0 Å². The third-order valence-electron chi connectivity index (χ3n) is 5.37. The number of fused-ring (bicyclic) bond motifs is 1. The van der Waals surface area contributed by atoms with Crippen molar-refractivity contribution in [2.24, 2.45) is 0 Å². The lowest BCUT2D eigenvalue weighted by Crippen LogP contribution is -2.37. The van der Waals surface area contributed by atoms with Crippen molar-refractivity contribution in [3.8, 4) is 11.5 Å². The van der Waals surface area contributed by atoms with Gasteiger partial charge < -0.3 is 14.2 Å². The molecule has 0 aliphatic carbocycles. The predicted molar refractivity (Wildman–Crippen MR) is 119 cm³/mol. The second kappa shape index (κ2) is 9.02. The molecule has 1 atom stereocenters. The first kappa shape index (κ1) is 20.6. The van der Waals surface area contributed by atoms with E-state index >= 15 is 0 Å². The molecule has 0 radical (unpaired) electrons. The Morgan fingerprint density at radius 1 is 1.23 bits per heavy atom. The highest BCUT2D eigenvalue weighted by molar-refractivity contribution is 7.22. The van der Waals surface area contributed by atoms with Gasteiger partial charge in [0.05, 0.1) is 42.6 Å². The molecule has 0 N–H and O–H groups in total. The number of aryl methyl sites for hydroxylation is 1. The molecule has 1 unspecified atom stereocenters. The molecular weight excluding hydrogens is 400 g/mol. The SMILES string of the molecule is CCc1ccc2nc(N(CC3CCCO3)C(=O)c3cc(OC)ccc3OC)sc2c1. The Labute approximate surface area is 180 Å². The van der Waals surface area contributed by atoms with E-state index in [4.69, 9.17) is 19.2 Å². The molecule has 1 aromatic heterocycles. The number of ether oxygens (including phenoxy) is 3. The lowest BCUT2D eigenvalue weighted by Gasteiger charge is -2.24. The number of rotatable bonds is 7. The van der Waals surface area contributed by atoms with Gasteiger partial charge in [-0.3, -0.25) is 9.69 Å². The summed E-state index contributed by atoms with van der Waals surface area (Å²) in [6.07, 6.45) is 2.91. The van der Waals surface area contributed by atoms with Gasteiger partial charge in [-0.05, 0) is 55.2 Å². The number of carbonyl (C=O) groups excluding carboxylic acids is 1. The maximum atomic E-state index is 13.7. The van der Waals surface area contributed by atoms with Crippen LogP contribution in [0.4, 0.5) is 5.13 Å². The summed E-state index contributed by atoms with van der Waals surface area (Å²) >= 11 is 1.53. The number of anilines is 1. The van der Waals surface area contributed by atoms with Crippen molar-refractivity contribution in [2.45, 2.75) is 32.3 Å². The molecule has 3 aromatic rings. The van der Waals surface area contributed by atoms with Crippen molar-refractivity contribution in [1.29, 1.82) is 0 Å². The standard InChI is InChI=1S/C23H26N2O4S/c1-4-15-7-9-19-21(12-15)30-23(24-19)25(14-17-6-5-11-29-17)22(26)18-13-16(27-2)8-10-20(18)28-3/h7-10,12-13,17H,4-6,11,14H2,1-3H3. The average molecular weight is 427 g/mol. The van der Waals surface area contributed by atoms with Crippen molar-refractivity contribution < 1.29 is 19.0 Å². The van der Waals surface area contributed by atoms with Gasteiger partial charge in [0.1, 0.15) is 11.5 Å². The van der Waals surface area contributed by atoms with Crippen LogP contribution in [0.3, 0.4) is 0 Å². The van der Waals surface area contributed by atoms with Crippen LogP contribution in [0.15, 0.2) is 36.4 Å². The summed E-state index contributed by atoms with van der Waals surface area (Å²) < 4.78 is 17.7. The van der Waals surface area contributed by atoms with Gasteiger partial charge in [-0.15, -0.1) is 0 Å². The van der Waals surface area contributed by atoms with Crippen molar-refractivity contribution in [3.05, 3.63) is 47.5 Å². The van der Waals surface area contributed by atoms with E-state index in [2.05, 4.69) is 19.1 Å². The molecule has 6 nitrogen and oxygen atoms in total. The summed E-state index contributed by atoms with van der Waals surface area (Å²) in [4.78, 5) is 20.2. The van der Waals surface area contributed by atoms with Crippen molar-refractivity contribution in [1.82, 2.24) is 4.98 Å². The Morgan fingerprint density at radius 3 is 2.80 bits per heavy atom. The molecule has 7 heteroatoms. The normalized spacial score (nSPS) is 16.0. The number of aromatic nitrogens is 1. The topological polar surface area (TPSA) is 60.9 Å². The maximum absolute atomic E-state index is 13.7. The number of hydrogen-bond acceptors (Lipinski definition) is 6. The quantitative estimate of drug-likeness (QED) is 0.548. The summed E-state index contributed by atoms with van der Waals surface area (Å²) in [5.41, 5.74) is 2.60. The van der Waals surface area contributed by atoms with Crippen LogP contribution < -0.4 is 14.4 Å². The predicted octanol–water partition coefficient (Wildman–Crippen LogP) is 4.70. The minimum absolute atomic E-state index is 0.00349. The van der Waals surface area contributed by atoms with E-state index in [0.29, 0.717) is 28.7 Å². The number of thiazole rings is 1. The summed E-state index contributed by atoms with van der Waals surface area (Å²) in [7, 11) is 3.14. The number of carbonyl (C=O) groups is 1. The fourth-order valence-electron chi connectivity index (χ4n) is 3.66. The van der Waals surface area contributed by atoms with E-state index in [1.165, 1.54) is 16.9 Å². The van der Waals surface area contributed by atoms with Crippen LogP contribution in [0, 0.1) is 0 Å². The molecule has 1 aliphatic rings. The molecule has 158 valence electrons. The Kier molecular flexibility index (Phi) is 6.20. The van der Waals surface area contributed by atoms with E-state index < -0.39 is 0 Å². The van der Waals surface area contributed by atoms with Crippen molar-refractivity contribution in [2.75, 3.05) is 32.3 Å². The molecular formula is C23H26N2O4S. The second-order valence-electron chi connectivity index (χ2n) is 7.27. The van der Waals surface area contributed by atoms with E-state index in [1.807, 2.05) is 6.07 Å². The van der Waals surface area contributed by atoms with Crippen LogP contribution in [0.1, 0.15) is 35.7 Å². The van der Waals surface area contributed by atoms with Gasteiger partial charge in [-0.25, -0.2) is 4.98 Å². The van der Waals surface area contributed by atoms with Crippen LogP contribution in [0.5, 0.6) is 11.5 Å². The summed E-state index contributed by atoms with van der Waals surface area (Å²) in [5, 5.41) is 0.670. The zero-order valence-electron chi connectivity index (χ0n) is 17.5. The molecule has 30 heavy (non-hydrogen) atoms. The summed E-state index contributed by atoms with van der Waals surface area (Å²) in [6.45, 7) is 3.32. The Hall–Kier alpha value is -2.64. The van der Waals surface area contributed by atoms with Gasteiger partial charge in [0.2, 0.25) is 0 Å². The molecule has 4 rings (SSSR count). The molecule has 1 saturated heterocycles. The summed E-state index contributed by atoms with van der Waals surface area (Å²) in [6, 6.07) is 11.5. The average Bonchev–Trinajstić information content (AvgIpc) is 3.45. The minimum atomic E-state index is -0.170. The van der Waals surface area contributed by atoms with Crippen LogP contribution in [0.2, 0.25) is 0 Å². The zero-order chi connectivity index (χ0) is 21.1. The van der Waals surface area contributed by atoms with Crippen molar-refractivity contribution >= 4 is 32.6 Å². The maximum Gasteiger partial charge on any atom is 0.264 e. The second-order valence-corrected chi connectivity index (χ2v) is 8.28. The van der Waals surface area contributed by atoms with Gasteiger partial charge in [0.25, 0.3) is 5.91 Å².